The smallest absolute Gasteiger partial charge is 0.259 e. The number of nitriles is 1. The van der Waals surface area contributed by atoms with Crippen LogP contribution in [0.15, 0.2) is 48.7 Å². The maximum atomic E-state index is 14.0. The third kappa shape index (κ3) is 3.26. The average molecular weight is 403 g/mol. The van der Waals surface area contributed by atoms with Crippen molar-refractivity contribution in [1.29, 1.82) is 5.26 Å². The van der Waals surface area contributed by atoms with Crippen LogP contribution in [-0.4, -0.2) is 20.7 Å². The summed E-state index contributed by atoms with van der Waals surface area (Å²) < 4.78 is 28.5. The number of para-hydroxylation sites is 1. The highest BCUT2D eigenvalue weighted by atomic mass is 19.1. The lowest BCUT2D eigenvalue weighted by molar-refractivity contribution is 0.102. The Hall–Kier alpha value is -4.12. The van der Waals surface area contributed by atoms with E-state index in [-0.39, 0.29) is 16.9 Å². The molecule has 0 atom stereocenters. The maximum absolute atomic E-state index is 14.0. The van der Waals surface area contributed by atoms with Gasteiger partial charge in [-0.1, -0.05) is 18.2 Å². The molecule has 0 aliphatic rings. The summed E-state index contributed by atoms with van der Waals surface area (Å²) in [6.45, 7) is 3.86. The predicted molar refractivity (Wildman–Crippen MR) is 107 cm³/mol. The van der Waals surface area contributed by atoms with Crippen LogP contribution in [0.1, 0.15) is 27.0 Å². The van der Waals surface area contributed by atoms with Crippen molar-refractivity contribution in [2.75, 3.05) is 5.32 Å². The molecule has 0 radical (unpaired) electrons. The number of amides is 1. The Morgan fingerprint density at radius 2 is 1.93 bits per heavy atom. The van der Waals surface area contributed by atoms with E-state index in [1.54, 1.807) is 6.07 Å². The van der Waals surface area contributed by atoms with Gasteiger partial charge in [0.05, 0.1) is 17.3 Å². The van der Waals surface area contributed by atoms with Gasteiger partial charge in [0.25, 0.3) is 5.91 Å². The van der Waals surface area contributed by atoms with Crippen LogP contribution >= 0.6 is 0 Å². The van der Waals surface area contributed by atoms with Crippen molar-refractivity contribution in [1.82, 2.24) is 14.8 Å². The molecular weight excluding hydrogens is 388 g/mol. The number of pyridine rings is 1. The zero-order valence-electron chi connectivity index (χ0n) is 16.1. The first kappa shape index (κ1) is 19.2. The molecule has 0 bridgehead atoms. The number of aromatic nitrogens is 3. The SMILES string of the molecule is Cc1cc(-n2ncc(C#N)c2NC(=O)c2ccc(F)cc2F)nc2c(C)cccc12. The Morgan fingerprint density at radius 1 is 1.13 bits per heavy atom. The highest BCUT2D eigenvalue weighted by molar-refractivity contribution is 6.04. The van der Waals surface area contributed by atoms with Crippen LogP contribution in [0.3, 0.4) is 0 Å². The summed E-state index contributed by atoms with van der Waals surface area (Å²) >= 11 is 0. The van der Waals surface area contributed by atoms with Crippen molar-refractivity contribution in [3.63, 3.8) is 0 Å². The van der Waals surface area contributed by atoms with Gasteiger partial charge in [-0.25, -0.2) is 13.8 Å². The van der Waals surface area contributed by atoms with Crippen LogP contribution in [0.2, 0.25) is 0 Å². The number of halogens is 2. The Balaban J connectivity index is 1.81. The van der Waals surface area contributed by atoms with Crippen molar-refractivity contribution in [2.45, 2.75) is 13.8 Å². The van der Waals surface area contributed by atoms with Crippen LogP contribution < -0.4 is 5.32 Å². The second-order valence-corrected chi connectivity index (χ2v) is 6.78. The van der Waals surface area contributed by atoms with E-state index < -0.39 is 17.5 Å². The summed E-state index contributed by atoms with van der Waals surface area (Å²) in [6.07, 6.45) is 1.29. The lowest BCUT2D eigenvalue weighted by atomic mass is 10.1. The summed E-state index contributed by atoms with van der Waals surface area (Å²) in [7, 11) is 0. The third-order valence-corrected chi connectivity index (χ3v) is 4.75. The predicted octanol–water partition coefficient (Wildman–Crippen LogP) is 4.44. The van der Waals surface area contributed by atoms with Crippen LogP contribution in [0.4, 0.5) is 14.6 Å². The lowest BCUT2D eigenvalue weighted by Gasteiger charge is -2.12. The number of fused-ring (bicyclic) bond motifs is 1. The van der Waals surface area contributed by atoms with Gasteiger partial charge in [0, 0.05) is 11.5 Å². The fraction of sp³-hybridized carbons (Fsp3) is 0.0909. The number of anilines is 1. The molecule has 0 unspecified atom stereocenters. The minimum atomic E-state index is -1.01. The lowest BCUT2D eigenvalue weighted by Crippen LogP contribution is -2.18. The van der Waals surface area contributed by atoms with Gasteiger partial charge >= 0.3 is 0 Å². The molecule has 2 aromatic carbocycles. The molecule has 1 amide bonds. The molecule has 0 fully saturated rings. The summed E-state index contributed by atoms with van der Waals surface area (Å²) in [5, 5.41) is 17.1. The molecule has 0 saturated carbocycles. The van der Waals surface area contributed by atoms with Crippen LogP contribution in [0.25, 0.3) is 16.7 Å². The van der Waals surface area contributed by atoms with E-state index in [0.29, 0.717) is 11.9 Å². The number of nitrogens with one attached hydrogen (secondary N) is 1. The summed E-state index contributed by atoms with van der Waals surface area (Å²) in [6, 6.07) is 12.2. The van der Waals surface area contributed by atoms with E-state index in [9.17, 15) is 18.8 Å². The zero-order chi connectivity index (χ0) is 21.4. The molecule has 2 aromatic heterocycles. The van der Waals surface area contributed by atoms with Gasteiger partial charge < -0.3 is 5.32 Å². The summed E-state index contributed by atoms with van der Waals surface area (Å²) in [4.78, 5) is 17.2. The minimum absolute atomic E-state index is 0.0473. The van der Waals surface area contributed by atoms with Gasteiger partial charge in [-0.15, -0.1) is 0 Å². The van der Waals surface area contributed by atoms with E-state index in [4.69, 9.17) is 0 Å². The van der Waals surface area contributed by atoms with Gasteiger partial charge in [-0.2, -0.15) is 15.0 Å². The van der Waals surface area contributed by atoms with E-state index >= 15 is 0 Å². The first-order chi connectivity index (χ1) is 14.4. The Bertz CT molecular complexity index is 1350. The molecule has 148 valence electrons. The number of aryl methyl sites for hydroxylation is 2. The monoisotopic (exact) mass is 403 g/mol. The zero-order valence-corrected chi connectivity index (χ0v) is 16.1. The van der Waals surface area contributed by atoms with Gasteiger partial charge in [0.15, 0.2) is 11.6 Å². The number of benzene rings is 2. The van der Waals surface area contributed by atoms with E-state index in [2.05, 4.69) is 15.4 Å². The molecule has 4 aromatic rings. The topological polar surface area (TPSA) is 83.6 Å². The summed E-state index contributed by atoms with van der Waals surface area (Å²) in [5.74, 6) is -2.19. The van der Waals surface area contributed by atoms with Crippen LogP contribution in [0, 0.1) is 36.8 Å². The maximum Gasteiger partial charge on any atom is 0.259 e. The third-order valence-electron chi connectivity index (χ3n) is 4.75. The molecule has 0 aliphatic carbocycles. The average Bonchev–Trinajstić information content (AvgIpc) is 3.11. The summed E-state index contributed by atoms with van der Waals surface area (Å²) in [5.41, 5.74) is 2.39. The number of hydrogen-bond acceptors (Lipinski definition) is 4. The van der Waals surface area contributed by atoms with Crippen LogP contribution in [0.5, 0.6) is 0 Å². The van der Waals surface area contributed by atoms with Crippen molar-refractivity contribution < 1.29 is 13.6 Å². The van der Waals surface area contributed by atoms with E-state index in [0.717, 1.165) is 34.2 Å². The number of nitrogens with zero attached hydrogens (tertiary/aromatic N) is 4. The molecule has 8 heteroatoms. The Kier molecular flexibility index (Phi) is 4.72. The molecule has 0 aliphatic heterocycles. The minimum Gasteiger partial charge on any atom is -0.305 e. The molecule has 1 N–H and O–H groups in total. The molecule has 0 saturated heterocycles. The molecule has 0 spiro atoms. The normalized spacial score (nSPS) is 10.8. The van der Waals surface area contributed by atoms with Crippen molar-refractivity contribution in [2.24, 2.45) is 0 Å². The molecule has 30 heavy (non-hydrogen) atoms. The van der Waals surface area contributed by atoms with E-state index in [1.165, 1.54) is 10.9 Å². The molecule has 6 nitrogen and oxygen atoms in total. The number of hydrogen-bond donors (Lipinski definition) is 1. The quantitative estimate of drug-likeness (QED) is 0.548. The second kappa shape index (κ2) is 7.37. The van der Waals surface area contributed by atoms with Crippen molar-refractivity contribution in [3.05, 3.63) is 82.5 Å². The standard InChI is InChI=1S/C22H15F2N5O/c1-12-4-3-5-16-13(2)8-19(27-20(12)16)29-21(14(10-25)11-26-29)28-22(30)17-7-6-15(23)9-18(17)24/h3-9,11H,1-2H3,(H,28,30). The van der Waals surface area contributed by atoms with Crippen molar-refractivity contribution in [3.8, 4) is 11.9 Å². The van der Waals surface area contributed by atoms with Gasteiger partial charge in [-0.3, -0.25) is 4.79 Å². The molecular formula is C22H15F2N5O. The first-order valence-corrected chi connectivity index (χ1v) is 9.01. The first-order valence-electron chi connectivity index (χ1n) is 9.01. The highest BCUT2D eigenvalue weighted by Gasteiger charge is 2.20. The number of carbonyl (C=O) groups is 1. The van der Waals surface area contributed by atoms with Gasteiger partial charge in [0.2, 0.25) is 0 Å². The number of rotatable bonds is 3. The Morgan fingerprint density at radius 3 is 2.67 bits per heavy atom. The van der Waals surface area contributed by atoms with Gasteiger partial charge in [0.1, 0.15) is 23.3 Å². The van der Waals surface area contributed by atoms with Crippen LogP contribution in [-0.2, 0) is 0 Å². The fourth-order valence-corrected chi connectivity index (χ4v) is 3.23. The largest absolute Gasteiger partial charge is 0.305 e. The number of carbonyl (C=O) groups excluding carboxylic acids is 1. The van der Waals surface area contributed by atoms with E-state index in [1.807, 2.05) is 38.1 Å². The van der Waals surface area contributed by atoms with Crippen molar-refractivity contribution >= 4 is 22.6 Å². The Labute approximate surface area is 170 Å². The van der Waals surface area contributed by atoms with Gasteiger partial charge in [-0.05, 0) is 43.2 Å². The molecule has 4 rings (SSSR count). The fourth-order valence-electron chi connectivity index (χ4n) is 3.23. The molecule has 2 heterocycles. The second-order valence-electron chi connectivity index (χ2n) is 6.78. The highest BCUT2D eigenvalue weighted by Crippen LogP contribution is 2.25.